The van der Waals surface area contributed by atoms with Gasteiger partial charge in [-0.3, -0.25) is 4.79 Å². The largest absolute Gasteiger partial charge is 0.416 e. The van der Waals surface area contributed by atoms with E-state index in [1.54, 1.807) is 4.90 Å². The van der Waals surface area contributed by atoms with Crippen molar-refractivity contribution >= 4 is 5.91 Å². The minimum absolute atomic E-state index is 0.0421. The maximum absolute atomic E-state index is 13.1. The topological polar surface area (TPSA) is 29.5 Å². The molecule has 1 amide bonds. The first-order valence-corrected chi connectivity index (χ1v) is 10.1. The van der Waals surface area contributed by atoms with E-state index in [9.17, 15) is 31.1 Å². The van der Waals surface area contributed by atoms with Crippen LogP contribution in [0.15, 0.2) is 48.5 Å². The first kappa shape index (κ1) is 24.1. The fourth-order valence-corrected chi connectivity index (χ4v) is 3.95. The molecule has 3 nitrogen and oxygen atoms in total. The molecule has 0 spiro atoms. The predicted octanol–water partition coefficient (Wildman–Crippen LogP) is 6.06. The monoisotopic (exact) mass is 459 g/mol. The van der Waals surface area contributed by atoms with Gasteiger partial charge in [-0.15, -0.1) is 0 Å². The third-order valence-corrected chi connectivity index (χ3v) is 5.75. The van der Waals surface area contributed by atoms with Crippen LogP contribution in [-0.4, -0.2) is 30.5 Å². The molecule has 9 heteroatoms. The summed E-state index contributed by atoms with van der Waals surface area (Å²) in [6, 6.07) is 10.9. The predicted molar refractivity (Wildman–Crippen MR) is 106 cm³/mol. The minimum atomic E-state index is -4.92. The molecule has 32 heavy (non-hydrogen) atoms. The fourth-order valence-electron chi connectivity index (χ4n) is 3.95. The van der Waals surface area contributed by atoms with Gasteiger partial charge >= 0.3 is 12.4 Å². The summed E-state index contributed by atoms with van der Waals surface area (Å²) < 4.78 is 84.6. The Kier molecular flexibility index (Phi) is 6.88. The number of likely N-dealkylation sites (tertiary alicyclic amines) is 1. The van der Waals surface area contributed by atoms with E-state index < -0.39 is 29.6 Å². The van der Waals surface area contributed by atoms with E-state index in [0.717, 1.165) is 5.56 Å². The number of hydrogen-bond donors (Lipinski definition) is 0. The molecular weight excluding hydrogens is 436 g/mol. The average Bonchev–Trinajstić information content (AvgIpc) is 3.15. The molecular formula is C23H23F6NO2. The minimum Gasteiger partial charge on any atom is -0.373 e. The summed E-state index contributed by atoms with van der Waals surface area (Å²) in [5.41, 5.74) is -1.95. The van der Waals surface area contributed by atoms with Gasteiger partial charge in [0.15, 0.2) is 0 Å². The molecule has 0 aromatic heterocycles. The van der Waals surface area contributed by atoms with Crippen molar-refractivity contribution in [2.75, 3.05) is 19.7 Å². The van der Waals surface area contributed by atoms with Gasteiger partial charge in [0.25, 0.3) is 0 Å². The van der Waals surface area contributed by atoms with Crippen LogP contribution in [0.2, 0.25) is 0 Å². The molecule has 2 aromatic carbocycles. The van der Waals surface area contributed by atoms with Crippen molar-refractivity contribution in [2.45, 2.75) is 38.2 Å². The van der Waals surface area contributed by atoms with Crippen molar-refractivity contribution < 1.29 is 35.9 Å². The molecule has 2 aromatic rings. The van der Waals surface area contributed by atoms with E-state index >= 15 is 0 Å². The zero-order valence-electron chi connectivity index (χ0n) is 17.5. The highest BCUT2D eigenvalue weighted by atomic mass is 19.4. The van der Waals surface area contributed by atoms with Gasteiger partial charge in [-0.05, 0) is 36.2 Å². The van der Waals surface area contributed by atoms with Gasteiger partial charge in [0.05, 0.1) is 23.8 Å². The van der Waals surface area contributed by atoms with Crippen molar-refractivity contribution in [3.05, 3.63) is 70.8 Å². The van der Waals surface area contributed by atoms with Crippen LogP contribution in [0.4, 0.5) is 26.3 Å². The number of nitrogens with zero attached hydrogens (tertiary/aromatic N) is 1. The lowest BCUT2D eigenvalue weighted by atomic mass is 9.89. The zero-order valence-corrected chi connectivity index (χ0v) is 17.5. The standard InChI is InChI=1S/C23H23F6NO2/c1-14(17-8-19(22(24,25)26)10-20(9-17)23(27,28)29)32-13-18-11-30(15(2)31)12-21(18)16-6-4-3-5-7-16/h3-10,14,18,21H,11-13H2,1-2H3/t14-,18-,21-/m0/s1. The molecule has 1 fully saturated rings. The molecule has 174 valence electrons. The Morgan fingerprint density at radius 1 is 1.00 bits per heavy atom. The lowest BCUT2D eigenvalue weighted by Crippen LogP contribution is -2.26. The maximum Gasteiger partial charge on any atom is 0.416 e. The van der Waals surface area contributed by atoms with E-state index in [1.807, 2.05) is 30.3 Å². The van der Waals surface area contributed by atoms with Gasteiger partial charge in [-0.1, -0.05) is 30.3 Å². The summed E-state index contributed by atoms with van der Waals surface area (Å²) in [4.78, 5) is 13.5. The number of carbonyl (C=O) groups excluding carboxylic acids is 1. The van der Waals surface area contributed by atoms with Crippen LogP contribution in [0.3, 0.4) is 0 Å². The normalized spacial score (nSPS) is 20.4. The molecule has 3 atom stereocenters. The number of rotatable bonds is 5. The van der Waals surface area contributed by atoms with E-state index in [1.165, 1.54) is 13.8 Å². The fraction of sp³-hybridized carbons (Fsp3) is 0.435. The highest BCUT2D eigenvalue weighted by molar-refractivity contribution is 5.73. The van der Waals surface area contributed by atoms with Crippen LogP contribution in [0.25, 0.3) is 0 Å². The lowest BCUT2D eigenvalue weighted by molar-refractivity contribution is -0.143. The Hall–Kier alpha value is -2.55. The highest BCUT2D eigenvalue weighted by Crippen LogP contribution is 2.39. The van der Waals surface area contributed by atoms with Gasteiger partial charge in [0, 0.05) is 31.8 Å². The van der Waals surface area contributed by atoms with Crippen molar-refractivity contribution in [3.63, 3.8) is 0 Å². The smallest absolute Gasteiger partial charge is 0.373 e. The third-order valence-electron chi connectivity index (χ3n) is 5.75. The van der Waals surface area contributed by atoms with Gasteiger partial charge < -0.3 is 9.64 Å². The van der Waals surface area contributed by atoms with Crippen LogP contribution in [0.5, 0.6) is 0 Å². The quantitative estimate of drug-likeness (QED) is 0.509. The van der Waals surface area contributed by atoms with E-state index in [-0.39, 0.29) is 36.0 Å². The van der Waals surface area contributed by atoms with Crippen molar-refractivity contribution in [1.82, 2.24) is 4.90 Å². The summed E-state index contributed by atoms with van der Waals surface area (Å²) >= 11 is 0. The lowest BCUT2D eigenvalue weighted by Gasteiger charge is -2.22. The Bertz CT molecular complexity index is 909. The maximum atomic E-state index is 13.1. The average molecular weight is 459 g/mol. The molecule has 0 radical (unpaired) electrons. The van der Waals surface area contributed by atoms with Gasteiger partial charge in [0.1, 0.15) is 0 Å². The number of ether oxygens (including phenoxy) is 1. The van der Waals surface area contributed by atoms with Crippen LogP contribution in [-0.2, 0) is 21.9 Å². The van der Waals surface area contributed by atoms with E-state index in [2.05, 4.69) is 0 Å². The number of halogens is 6. The molecule has 1 aliphatic rings. The van der Waals surface area contributed by atoms with Crippen molar-refractivity contribution in [2.24, 2.45) is 5.92 Å². The van der Waals surface area contributed by atoms with Crippen LogP contribution < -0.4 is 0 Å². The number of benzene rings is 2. The second kappa shape index (κ2) is 9.13. The molecule has 0 bridgehead atoms. The molecule has 0 saturated carbocycles. The highest BCUT2D eigenvalue weighted by Gasteiger charge is 2.38. The second-order valence-electron chi connectivity index (χ2n) is 8.02. The summed E-state index contributed by atoms with van der Waals surface area (Å²) in [5.74, 6) is -0.287. The van der Waals surface area contributed by atoms with Crippen LogP contribution >= 0.6 is 0 Å². The molecule has 1 heterocycles. The molecule has 0 unspecified atom stereocenters. The zero-order chi connectivity index (χ0) is 23.7. The molecule has 3 rings (SSSR count). The second-order valence-corrected chi connectivity index (χ2v) is 8.02. The Balaban J connectivity index is 1.80. The van der Waals surface area contributed by atoms with Crippen molar-refractivity contribution in [1.29, 1.82) is 0 Å². The van der Waals surface area contributed by atoms with Crippen molar-refractivity contribution in [3.8, 4) is 0 Å². The number of amides is 1. The Labute approximate surface area is 182 Å². The molecule has 0 aliphatic carbocycles. The first-order chi connectivity index (χ1) is 14.9. The number of carbonyl (C=O) groups is 1. The van der Waals surface area contributed by atoms with Crippen LogP contribution in [0.1, 0.15) is 48.1 Å². The Morgan fingerprint density at radius 2 is 1.56 bits per heavy atom. The Morgan fingerprint density at radius 3 is 2.06 bits per heavy atom. The molecule has 1 aliphatic heterocycles. The SMILES string of the molecule is CC(=O)N1C[C@@H](CO[C@@H](C)c2cc(C(F)(F)F)cc(C(F)(F)F)c2)[C@H](c2ccccc2)C1. The summed E-state index contributed by atoms with van der Waals surface area (Å²) in [6.45, 7) is 3.84. The summed E-state index contributed by atoms with van der Waals surface area (Å²) in [6.07, 6.45) is -10.8. The number of alkyl halides is 6. The number of hydrogen-bond acceptors (Lipinski definition) is 2. The third kappa shape index (κ3) is 5.62. The molecule has 0 N–H and O–H groups in total. The van der Waals surface area contributed by atoms with E-state index in [4.69, 9.17) is 4.74 Å². The summed E-state index contributed by atoms with van der Waals surface area (Å²) in [5, 5.41) is 0. The summed E-state index contributed by atoms with van der Waals surface area (Å²) in [7, 11) is 0. The van der Waals surface area contributed by atoms with Gasteiger partial charge in [0.2, 0.25) is 5.91 Å². The van der Waals surface area contributed by atoms with Crippen LogP contribution in [0, 0.1) is 5.92 Å². The first-order valence-electron chi connectivity index (χ1n) is 10.1. The van der Waals surface area contributed by atoms with Gasteiger partial charge in [-0.2, -0.15) is 26.3 Å². The molecule has 1 saturated heterocycles. The van der Waals surface area contributed by atoms with E-state index in [0.29, 0.717) is 25.2 Å². The van der Waals surface area contributed by atoms with Gasteiger partial charge in [-0.25, -0.2) is 0 Å².